The summed E-state index contributed by atoms with van der Waals surface area (Å²) in [6, 6.07) is 18.8. The standard InChI is InChI=1S/C40H58/c1-3-5-7-9-11-13-15-17-19-21-26-33-32-34-27-25-31-37-36-29-23-24-30-38(36)40(39(34)37)35(33)28-22-20-18-16-14-12-10-8-6-4-2/h23-25,27,29-32H,3-22,26,28H2,1-2H3. The lowest BCUT2D eigenvalue weighted by Gasteiger charge is -2.17. The third kappa shape index (κ3) is 8.71. The van der Waals surface area contributed by atoms with Gasteiger partial charge < -0.3 is 0 Å². The molecular formula is C40H58. The van der Waals surface area contributed by atoms with Crippen molar-refractivity contribution in [1.82, 2.24) is 0 Å². The zero-order valence-corrected chi connectivity index (χ0v) is 26.2. The fourth-order valence-corrected chi connectivity index (χ4v) is 7.11. The molecule has 1 aliphatic rings. The Hall–Kier alpha value is -2.08. The van der Waals surface area contributed by atoms with Crippen molar-refractivity contribution in [2.75, 3.05) is 0 Å². The zero-order chi connectivity index (χ0) is 27.8. The summed E-state index contributed by atoms with van der Waals surface area (Å²) in [5.41, 5.74) is 9.30. The first-order chi connectivity index (χ1) is 19.8. The van der Waals surface area contributed by atoms with E-state index in [1.807, 2.05) is 0 Å². The van der Waals surface area contributed by atoms with Crippen LogP contribution in [0.15, 0.2) is 48.5 Å². The predicted octanol–water partition coefficient (Wildman–Crippen LogP) is 13.4. The molecule has 0 aliphatic heterocycles. The molecular weight excluding hydrogens is 480 g/mol. The first-order valence-electron chi connectivity index (χ1n) is 17.5. The van der Waals surface area contributed by atoms with Crippen LogP contribution in [0.25, 0.3) is 33.0 Å². The predicted molar refractivity (Wildman–Crippen MR) is 179 cm³/mol. The van der Waals surface area contributed by atoms with Crippen molar-refractivity contribution in [3.05, 3.63) is 59.7 Å². The number of aryl methyl sites for hydroxylation is 1. The highest BCUT2D eigenvalue weighted by molar-refractivity contribution is 6.16. The molecule has 0 radical (unpaired) electrons. The highest BCUT2D eigenvalue weighted by atomic mass is 14.3. The molecule has 0 aromatic heterocycles. The van der Waals surface area contributed by atoms with E-state index in [-0.39, 0.29) is 0 Å². The van der Waals surface area contributed by atoms with E-state index < -0.39 is 0 Å². The lowest BCUT2D eigenvalue weighted by atomic mass is 9.87. The van der Waals surface area contributed by atoms with Gasteiger partial charge in [0.25, 0.3) is 0 Å². The lowest BCUT2D eigenvalue weighted by Crippen LogP contribution is -1.99. The normalized spacial score (nSPS) is 11.9. The van der Waals surface area contributed by atoms with Crippen molar-refractivity contribution in [1.29, 1.82) is 0 Å². The van der Waals surface area contributed by atoms with E-state index in [0.29, 0.717) is 0 Å². The third-order valence-corrected chi connectivity index (χ3v) is 9.43. The second-order valence-electron chi connectivity index (χ2n) is 12.7. The summed E-state index contributed by atoms with van der Waals surface area (Å²) in [4.78, 5) is 0. The molecule has 0 atom stereocenters. The Kier molecular flexibility index (Phi) is 13.6. The summed E-state index contributed by atoms with van der Waals surface area (Å²) in [7, 11) is 0. The van der Waals surface area contributed by atoms with Gasteiger partial charge in [0.1, 0.15) is 0 Å². The largest absolute Gasteiger partial charge is 0.0654 e. The van der Waals surface area contributed by atoms with Crippen LogP contribution in [0.2, 0.25) is 0 Å². The average molecular weight is 539 g/mol. The fraction of sp³-hybridized carbons (Fsp3) is 0.600. The lowest BCUT2D eigenvalue weighted by molar-refractivity contribution is 0.553. The minimum Gasteiger partial charge on any atom is -0.0654 e. The maximum atomic E-state index is 2.58. The molecule has 3 aromatic carbocycles. The zero-order valence-electron chi connectivity index (χ0n) is 26.2. The van der Waals surface area contributed by atoms with E-state index >= 15 is 0 Å². The highest BCUT2D eigenvalue weighted by Crippen LogP contribution is 2.50. The Bertz CT molecular complexity index is 1140. The molecule has 218 valence electrons. The highest BCUT2D eigenvalue weighted by Gasteiger charge is 2.25. The Morgan fingerprint density at radius 2 is 0.900 bits per heavy atom. The summed E-state index contributed by atoms with van der Waals surface area (Å²) in [6.07, 6.45) is 30.7. The quantitative estimate of drug-likeness (QED) is 0.0873. The summed E-state index contributed by atoms with van der Waals surface area (Å²) in [5, 5.41) is 2.98. The molecule has 0 heteroatoms. The van der Waals surface area contributed by atoms with Gasteiger partial charge in [-0.05, 0) is 69.8 Å². The number of rotatable bonds is 22. The van der Waals surface area contributed by atoms with Crippen LogP contribution < -0.4 is 0 Å². The van der Waals surface area contributed by atoms with Crippen LogP contribution >= 0.6 is 0 Å². The second kappa shape index (κ2) is 17.7. The Labute approximate surface area is 247 Å². The molecule has 0 N–H and O–H groups in total. The van der Waals surface area contributed by atoms with Gasteiger partial charge in [-0.15, -0.1) is 0 Å². The van der Waals surface area contributed by atoms with Crippen LogP contribution in [0.4, 0.5) is 0 Å². The molecule has 0 bridgehead atoms. The van der Waals surface area contributed by atoms with Gasteiger partial charge in [0.15, 0.2) is 0 Å². The molecule has 0 saturated heterocycles. The monoisotopic (exact) mass is 538 g/mol. The summed E-state index contributed by atoms with van der Waals surface area (Å²) in [5.74, 6) is 0. The molecule has 0 nitrogen and oxygen atoms in total. The number of unbranched alkanes of at least 4 members (excludes halogenated alkanes) is 18. The summed E-state index contributed by atoms with van der Waals surface area (Å²) in [6.45, 7) is 4.62. The van der Waals surface area contributed by atoms with Gasteiger partial charge in [0.05, 0.1) is 0 Å². The molecule has 0 spiro atoms. The van der Waals surface area contributed by atoms with E-state index in [4.69, 9.17) is 0 Å². The number of hydrogen-bond donors (Lipinski definition) is 0. The first-order valence-corrected chi connectivity index (χ1v) is 17.5. The van der Waals surface area contributed by atoms with Crippen molar-refractivity contribution in [3.63, 3.8) is 0 Å². The van der Waals surface area contributed by atoms with Crippen LogP contribution in [0, 0.1) is 0 Å². The summed E-state index contributed by atoms with van der Waals surface area (Å²) < 4.78 is 0. The SMILES string of the molecule is CCCCCCCCCCCCc1cc2cccc3c2c(c1CCCCCCCCCCCC)-c1ccccc1-3. The summed E-state index contributed by atoms with van der Waals surface area (Å²) >= 11 is 0. The van der Waals surface area contributed by atoms with Gasteiger partial charge in [0, 0.05) is 0 Å². The van der Waals surface area contributed by atoms with Crippen LogP contribution in [0.3, 0.4) is 0 Å². The minimum absolute atomic E-state index is 1.25. The molecule has 40 heavy (non-hydrogen) atoms. The average Bonchev–Trinajstić information content (AvgIpc) is 3.32. The number of hydrogen-bond acceptors (Lipinski definition) is 0. The maximum Gasteiger partial charge on any atom is -0.00234 e. The molecule has 0 heterocycles. The van der Waals surface area contributed by atoms with Crippen molar-refractivity contribution in [3.8, 4) is 22.3 Å². The van der Waals surface area contributed by atoms with E-state index in [2.05, 4.69) is 62.4 Å². The fourth-order valence-electron chi connectivity index (χ4n) is 7.11. The number of fused-ring (bicyclic) bond motifs is 3. The van der Waals surface area contributed by atoms with Gasteiger partial charge >= 0.3 is 0 Å². The maximum absolute atomic E-state index is 2.58. The van der Waals surface area contributed by atoms with E-state index in [0.717, 1.165) is 0 Å². The van der Waals surface area contributed by atoms with Crippen LogP contribution in [0.1, 0.15) is 153 Å². The van der Waals surface area contributed by atoms with Gasteiger partial charge in [-0.3, -0.25) is 0 Å². The molecule has 0 fully saturated rings. The van der Waals surface area contributed by atoms with Crippen molar-refractivity contribution in [2.45, 2.75) is 155 Å². The smallest absolute Gasteiger partial charge is 0.00234 e. The third-order valence-electron chi connectivity index (χ3n) is 9.43. The van der Waals surface area contributed by atoms with Crippen LogP contribution in [-0.2, 0) is 12.8 Å². The van der Waals surface area contributed by atoms with E-state index in [1.165, 1.54) is 169 Å². The van der Waals surface area contributed by atoms with Crippen LogP contribution in [0.5, 0.6) is 0 Å². The molecule has 4 rings (SSSR count). The van der Waals surface area contributed by atoms with E-state index in [9.17, 15) is 0 Å². The van der Waals surface area contributed by atoms with Gasteiger partial charge in [-0.2, -0.15) is 0 Å². The Balaban J connectivity index is 1.36. The van der Waals surface area contributed by atoms with Crippen molar-refractivity contribution in [2.24, 2.45) is 0 Å². The second-order valence-corrected chi connectivity index (χ2v) is 12.7. The molecule has 3 aromatic rings. The molecule has 0 amide bonds. The molecule has 0 saturated carbocycles. The van der Waals surface area contributed by atoms with Gasteiger partial charge in [-0.25, -0.2) is 0 Å². The van der Waals surface area contributed by atoms with Crippen LogP contribution in [-0.4, -0.2) is 0 Å². The topological polar surface area (TPSA) is 0 Å². The van der Waals surface area contributed by atoms with Gasteiger partial charge in [-0.1, -0.05) is 178 Å². The van der Waals surface area contributed by atoms with Crippen molar-refractivity contribution >= 4 is 10.8 Å². The Morgan fingerprint density at radius 3 is 1.48 bits per heavy atom. The number of benzene rings is 3. The van der Waals surface area contributed by atoms with E-state index in [1.54, 1.807) is 16.7 Å². The molecule has 0 unspecified atom stereocenters. The minimum atomic E-state index is 1.25. The molecule has 1 aliphatic carbocycles. The first kappa shape index (κ1) is 30.9. The van der Waals surface area contributed by atoms with Gasteiger partial charge in [0.2, 0.25) is 0 Å². The van der Waals surface area contributed by atoms with Crippen molar-refractivity contribution < 1.29 is 0 Å². The Morgan fingerprint density at radius 1 is 0.425 bits per heavy atom.